The number of benzene rings is 1. The minimum atomic E-state index is -0.993. The average molecular weight is 277 g/mol. The average Bonchev–Trinajstić information content (AvgIpc) is 3.19. The van der Waals surface area contributed by atoms with Crippen LogP contribution in [0.4, 0.5) is 0 Å². The second-order valence-corrected chi connectivity index (χ2v) is 5.17. The molecular weight excluding hydrogens is 258 g/mol. The third-order valence-electron chi connectivity index (χ3n) is 3.23. The molecule has 108 valence electrons. The summed E-state index contributed by atoms with van der Waals surface area (Å²) in [6.07, 6.45) is 1.06. The van der Waals surface area contributed by atoms with Crippen LogP contribution in [0.1, 0.15) is 25.3 Å². The van der Waals surface area contributed by atoms with Gasteiger partial charge in [-0.15, -0.1) is 0 Å². The number of aliphatic carboxylic acids is 1. The summed E-state index contributed by atoms with van der Waals surface area (Å²) in [4.78, 5) is 24.5. The number of amides is 1. The van der Waals surface area contributed by atoms with E-state index in [0.29, 0.717) is 5.75 Å². The fourth-order valence-corrected chi connectivity index (χ4v) is 2.10. The third-order valence-corrected chi connectivity index (χ3v) is 3.23. The Morgan fingerprint density at radius 1 is 1.45 bits per heavy atom. The van der Waals surface area contributed by atoms with E-state index in [9.17, 15) is 9.59 Å². The van der Waals surface area contributed by atoms with Crippen LogP contribution in [0.25, 0.3) is 0 Å². The number of carbonyl (C=O) groups excluding carboxylic acids is 1. The molecule has 1 atom stereocenters. The van der Waals surface area contributed by atoms with Crippen molar-refractivity contribution in [2.75, 3.05) is 6.54 Å². The molecule has 0 saturated heterocycles. The molecule has 1 aromatic rings. The zero-order chi connectivity index (χ0) is 14.7. The van der Waals surface area contributed by atoms with E-state index in [-0.39, 0.29) is 18.5 Å². The van der Waals surface area contributed by atoms with Crippen molar-refractivity contribution in [3.8, 4) is 5.75 Å². The summed E-state index contributed by atoms with van der Waals surface area (Å²) in [5, 5.41) is 8.88. The third kappa shape index (κ3) is 3.73. The summed E-state index contributed by atoms with van der Waals surface area (Å²) in [5.41, 5.74) is 1.05. The fraction of sp³-hybridized carbons (Fsp3) is 0.467. The smallest absolute Gasteiger partial charge is 0.323 e. The molecule has 1 saturated carbocycles. The molecule has 0 aromatic heterocycles. The molecule has 1 unspecified atom stereocenters. The van der Waals surface area contributed by atoms with Gasteiger partial charge in [0.05, 0.1) is 0 Å². The fourth-order valence-electron chi connectivity index (χ4n) is 2.10. The Hall–Kier alpha value is -2.04. The first-order chi connectivity index (χ1) is 9.47. The number of hydrogen-bond donors (Lipinski definition) is 1. The first kappa shape index (κ1) is 14.4. The van der Waals surface area contributed by atoms with Crippen molar-refractivity contribution < 1.29 is 19.4 Å². The van der Waals surface area contributed by atoms with Crippen molar-refractivity contribution in [1.82, 2.24) is 4.90 Å². The van der Waals surface area contributed by atoms with Gasteiger partial charge in [-0.2, -0.15) is 0 Å². The normalized spacial score (nSPS) is 15.5. The summed E-state index contributed by atoms with van der Waals surface area (Å²) in [7, 11) is 0. The van der Waals surface area contributed by atoms with Crippen molar-refractivity contribution in [3.63, 3.8) is 0 Å². The Morgan fingerprint density at radius 2 is 2.15 bits per heavy atom. The Kier molecular flexibility index (Phi) is 4.27. The van der Waals surface area contributed by atoms with Crippen molar-refractivity contribution >= 4 is 11.9 Å². The van der Waals surface area contributed by atoms with Gasteiger partial charge < -0.3 is 14.7 Å². The Labute approximate surface area is 118 Å². The van der Waals surface area contributed by atoms with Crippen molar-refractivity contribution in [3.05, 3.63) is 29.8 Å². The Bertz CT molecular complexity index is 510. The SMILES string of the molecule is Cc1cccc(OC(C)C(=O)N(CC(=O)O)C2CC2)c1. The van der Waals surface area contributed by atoms with Crippen LogP contribution in [0, 0.1) is 6.92 Å². The van der Waals surface area contributed by atoms with Gasteiger partial charge in [-0.25, -0.2) is 0 Å². The molecule has 1 aromatic carbocycles. The summed E-state index contributed by atoms with van der Waals surface area (Å²) in [6.45, 7) is 3.34. The van der Waals surface area contributed by atoms with Gasteiger partial charge in [-0.1, -0.05) is 12.1 Å². The molecule has 0 aliphatic heterocycles. The highest BCUT2D eigenvalue weighted by Gasteiger charge is 2.36. The molecule has 0 spiro atoms. The van der Waals surface area contributed by atoms with Gasteiger partial charge in [-0.3, -0.25) is 9.59 Å². The predicted octanol–water partition coefficient (Wildman–Crippen LogP) is 1.84. The molecule has 5 nitrogen and oxygen atoms in total. The van der Waals surface area contributed by atoms with Crippen LogP contribution in [0.3, 0.4) is 0 Å². The number of aryl methyl sites for hydroxylation is 1. The maximum Gasteiger partial charge on any atom is 0.323 e. The lowest BCUT2D eigenvalue weighted by atomic mass is 10.2. The molecule has 2 rings (SSSR count). The summed E-state index contributed by atoms with van der Waals surface area (Å²) >= 11 is 0. The predicted molar refractivity (Wildman–Crippen MR) is 73.6 cm³/mol. The lowest BCUT2D eigenvalue weighted by Crippen LogP contribution is -2.44. The van der Waals surface area contributed by atoms with E-state index in [0.717, 1.165) is 18.4 Å². The van der Waals surface area contributed by atoms with Crippen molar-refractivity contribution in [2.45, 2.75) is 38.8 Å². The minimum Gasteiger partial charge on any atom is -0.481 e. The summed E-state index contributed by atoms with van der Waals surface area (Å²) in [5.74, 6) is -0.638. The molecule has 1 aliphatic carbocycles. The topological polar surface area (TPSA) is 66.8 Å². The maximum absolute atomic E-state index is 12.3. The van der Waals surface area contributed by atoms with Gasteiger partial charge >= 0.3 is 5.97 Å². The van der Waals surface area contributed by atoms with E-state index in [1.54, 1.807) is 13.0 Å². The van der Waals surface area contributed by atoms with Crippen LogP contribution < -0.4 is 4.74 Å². The zero-order valence-corrected chi connectivity index (χ0v) is 11.7. The number of nitrogens with zero attached hydrogens (tertiary/aromatic N) is 1. The van der Waals surface area contributed by atoms with E-state index in [4.69, 9.17) is 9.84 Å². The molecular formula is C15H19NO4. The largest absolute Gasteiger partial charge is 0.481 e. The zero-order valence-electron chi connectivity index (χ0n) is 11.7. The highest BCUT2D eigenvalue weighted by molar-refractivity contribution is 5.85. The standard InChI is InChI=1S/C15H19NO4/c1-10-4-3-5-13(8-10)20-11(2)15(19)16(9-14(17)18)12-6-7-12/h3-5,8,11-12H,6-7,9H2,1-2H3,(H,17,18). The number of carboxylic acids is 1. The van der Waals surface area contributed by atoms with Crippen LogP contribution in [0.15, 0.2) is 24.3 Å². The number of rotatable bonds is 6. The van der Waals surface area contributed by atoms with Crippen LogP contribution in [-0.4, -0.2) is 40.6 Å². The lowest BCUT2D eigenvalue weighted by molar-refractivity contribution is -0.148. The first-order valence-electron chi connectivity index (χ1n) is 6.73. The minimum absolute atomic E-state index is 0.0576. The lowest BCUT2D eigenvalue weighted by Gasteiger charge is -2.24. The van der Waals surface area contributed by atoms with E-state index < -0.39 is 12.1 Å². The second kappa shape index (κ2) is 5.94. The monoisotopic (exact) mass is 277 g/mol. The number of carbonyl (C=O) groups is 2. The molecule has 20 heavy (non-hydrogen) atoms. The summed E-state index contributed by atoms with van der Waals surface area (Å²) in [6, 6.07) is 7.50. The number of ether oxygens (including phenoxy) is 1. The molecule has 1 amide bonds. The van der Waals surface area contributed by atoms with Gasteiger partial charge in [0.2, 0.25) is 0 Å². The van der Waals surface area contributed by atoms with E-state index >= 15 is 0 Å². The van der Waals surface area contributed by atoms with Crippen molar-refractivity contribution in [1.29, 1.82) is 0 Å². The van der Waals surface area contributed by atoms with Crippen LogP contribution >= 0.6 is 0 Å². The first-order valence-corrected chi connectivity index (χ1v) is 6.73. The van der Waals surface area contributed by atoms with Crippen LogP contribution in [0.5, 0.6) is 5.75 Å². The van der Waals surface area contributed by atoms with Gasteiger partial charge in [0, 0.05) is 6.04 Å². The van der Waals surface area contributed by atoms with E-state index in [2.05, 4.69) is 0 Å². The highest BCUT2D eigenvalue weighted by Crippen LogP contribution is 2.27. The quantitative estimate of drug-likeness (QED) is 0.861. The molecule has 0 radical (unpaired) electrons. The molecule has 0 bridgehead atoms. The van der Waals surface area contributed by atoms with Gasteiger partial charge in [0.25, 0.3) is 5.91 Å². The maximum atomic E-state index is 12.3. The molecule has 1 N–H and O–H groups in total. The van der Waals surface area contributed by atoms with E-state index in [1.165, 1.54) is 4.90 Å². The van der Waals surface area contributed by atoms with Crippen LogP contribution in [-0.2, 0) is 9.59 Å². The summed E-state index contributed by atoms with van der Waals surface area (Å²) < 4.78 is 5.61. The molecule has 0 heterocycles. The molecule has 5 heteroatoms. The van der Waals surface area contributed by atoms with Crippen LogP contribution in [0.2, 0.25) is 0 Å². The van der Waals surface area contributed by atoms with Crippen molar-refractivity contribution in [2.24, 2.45) is 0 Å². The Morgan fingerprint density at radius 3 is 2.70 bits per heavy atom. The Balaban J connectivity index is 2.01. The highest BCUT2D eigenvalue weighted by atomic mass is 16.5. The number of carboxylic acid groups (broad SMARTS) is 1. The van der Waals surface area contributed by atoms with Gasteiger partial charge in [-0.05, 0) is 44.4 Å². The molecule has 1 fully saturated rings. The molecule has 1 aliphatic rings. The van der Waals surface area contributed by atoms with Gasteiger partial charge in [0.15, 0.2) is 6.10 Å². The van der Waals surface area contributed by atoms with E-state index in [1.807, 2.05) is 25.1 Å². The van der Waals surface area contributed by atoms with Gasteiger partial charge in [0.1, 0.15) is 12.3 Å². The number of hydrogen-bond acceptors (Lipinski definition) is 3. The second-order valence-electron chi connectivity index (χ2n) is 5.17.